The number of piperidine rings is 1. The molecular weight excluding hydrogens is 194 g/mol. The second kappa shape index (κ2) is 6.40. The molecule has 5 nitrogen and oxygen atoms in total. The van der Waals surface area contributed by atoms with Crippen LogP contribution in [0.15, 0.2) is 0 Å². The van der Waals surface area contributed by atoms with E-state index in [-0.39, 0.29) is 5.91 Å². The number of ether oxygens (including phenoxy) is 1. The van der Waals surface area contributed by atoms with Gasteiger partial charge in [0.2, 0.25) is 5.91 Å². The van der Waals surface area contributed by atoms with Crippen LogP contribution < -0.4 is 5.32 Å². The fourth-order valence-corrected chi connectivity index (χ4v) is 1.58. The molecule has 1 aliphatic rings. The van der Waals surface area contributed by atoms with E-state index < -0.39 is 0 Å². The Balaban J connectivity index is 2.21. The van der Waals surface area contributed by atoms with Gasteiger partial charge in [0, 0.05) is 26.6 Å². The van der Waals surface area contributed by atoms with Crippen molar-refractivity contribution < 1.29 is 9.53 Å². The van der Waals surface area contributed by atoms with Crippen molar-refractivity contribution in [1.82, 2.24) is 10.2 Å². The number of hydrogen-bond acceptors (Lipinski definition) is 3. The molecule has 0 aromatic rings. The number of amidine groups is 1. The van der Waals surface area contributed by atoms with Crippen molar-refractivity contribution in [3.05, 3.63) is 0 Å². The maximum absolute atomic E-state index is 11.4. The summed E-state index contributed by atoms with van der Waals surface area (Å²) < 4.78 is 4.83. The summed E-state index contributed by atoms with van der Waals surface area (Å²) in [6.07, 6.45) is 2.94. The van der Waals surface area contributed by atoms with Crippen molar-refractivity contribution in [1.29, 1.82) is 5.41 Å². The second-order valence-electron chi connectivity index (χ2n) is 3.67. The highest BCUT2D eigenvalue weighted by atomic mass is 16.5. The average molecular weight is 213 g/mol. The Kier molecular flexibility index (Phi) is 5.10. The quantitative estimate of drug-likeness (QED) is 0.642. The van der Waals surface area contributed by atoms with Gasteiger partial charge in [0.05, 0.1) is 19.0 Å². The highest BCUT2D eigenvalue weighted by molar-refractivity contribution is 5.86. The zero-order chi connectivity index (χ0) is 11.1. The first-order valence-electron chi connectivity index (χ1n) is 5.32. The zero-order valence-corrected chi connectivity index (χ0v) is 9.21. The maximum atomic E-state index is 11.4. The van der Waals surface area contributed by atoms with Crippen molar-refractivity contribution in [2.45, 2.75) is 19.3 Å². The third-order valence-electron chi connectivity index (χ3n) is 2.44. The van der Waals surface area contributed by atoms with Gasteiger partial charge < -0.3 is 15.0 Å². The third-order valence-corrected chi connectivity index (χ3v) is 2.44. The number of carbonyl (C=O) groups excluding carboxylic acids is 1. The molecule has 0 aromatic heterocycles. The third kappa shape index (κ3) is 4.29. The highest BCUT2D eigenvalue weighted by Crippen LogP contribution is 2.09. The minimum atomic E-state index is -0.0290. The molecule has 2 N–H and O–H groups in total. The monoisotopic (exact) mass is 213 g/mol. The van der Waals surface area contributed by atoms with E-state index in [2.05, 4.69) is 5.32 Å². The zero-order valence-electron chi connectivity index (χ0n) is 9.21. The van der Waals surface area contributed by atoms with Gasteiger partial charge >= 0.3 is 0 Å². The Morgan fingerprint density at radius 3 is 3.07 bits per heavy atom. The molecule has 1 amide bonds. The lowest BCUT2D eigenvalue weighted by atomic mass is 10.1. The van der Waals surface area contributed by atoms with Gasteiger partial charge in [-0.25, -0.2) is 0 Å². The summed E-state index contributed by atoms with van der Waals surface area (Å²) in [5, 5.41) is 10.4. The Hall–Kier alpha value is -1.10. The first kappa shape index (κ1) is 12.0. The number of likely N-dealkylation sites (tertiary alicyclic amines) is 1. The predicted octanol–water partition coefficient (Wildman–Crippen LogP) is 0.212. The van der Waals surface area contributed by atoms with Crippen LogP contribution in [0.2, 0.25) is 0 Å². The molecular formula is C10H19N3O2. The maximum Gasteiger partial charge on any atom is 0.239 e. The summed E-state index contributed by atoms with van der Waals surface area (Å²) >= 11 is 0. The van der Waals surface area contributed by atoms with Crippen LogP contribution >= 0.6 is 0 Å². The van der Waals surface area contributed by atoms with E-state index in [9.17, 15) is 4.79 Å². The van der Waals surface area contributed by atoms with E-state index in [0.717, 1.165) is 25.8 Å². The van der Waals surface area contributed by atoms with Crippen LogP contribution in [0.5, 0.6) is 0 Å². The van der Waals surface area contributed by atoms with E-state index in [0.29, 0.717) is 25.5 Å². The summed E-state index contributed by atoms with van der Waals surface area (Å²) in [6, 6.07) is 0. The normalized spacial score (nSPS) is 16.6. The Labute approximate surface area is 90.3 Å². The van der Waals surface area contributed by atoms with Crippen LogP contribution in [-0.2, 0) is 9.53 Å². The smallest absolute Gasteiger partial charge is 0.239 e. The summed E-state index contributed by atoms with van der Waals surface area (Å²) in [4.78, 5) is 13.3. The Morgan fingerprint density at radius 1 is 1.60 bits per heavy atom. The predicted molar refractivity (Wildman–Crippen MR) is 58.0 cm³/mol. The second-order valence-corrected chi connectivity index (χ2v) is 3.67. The lowest BCUT2D eigenvalue weighted by molar-refractivity contribution is -0.121. The molecule has 0 radical (unpaired) electrons. The molecule has 0 unspecified atom stereocenters. The molecule has 0 bridgehead atoms. The van der Waals surface area contributed by atoms with Gasteiger partial charge in [0.15, 0.2) is 0 Å². The van der Waals surface area contributed by atoms with Crippen LogP contribution in [0.1, 0.15) is 19.3 Å². The summed E-state index contributed by atoms with van der Waals surface area (Å²) in [7, 11) is 1.60. The number of rotatable bonds is 5. The van der Waals surface area contributed by atoms with Crippen molar-refractivity contribution in [2.24, 2.45) is 0 Å². The van der Waals surface area contributed by atoms with E-state index in [1.807, 2.05) is 4.90 Å². The van der Waals surface area contributed by atoms with Crippen LogP contribution in [0.3, 0.4) is 0 Å². The van der Waals surface area contributed by atoms with Gasteiger partial charge in [0.25, 0.3) is 0 Å². The number of nitrogens with zero attached hydrogens (tertiary/aromatic N) is 1. The summed E-state index contributed by atoms with van der Waals surface area (Å²) in [6.45, 7) is 2.21. The van der Waals surface area contributed by atoms with Crippen molar-refractivity contribution in [2.75, 3.05) is 33.4 Å². The molecule has 15 heavy (non-hydrogen) atoms. The molecule has 1 saturated heterocycles. The molecule has 0 aliphatic carbocycles. The number of methoxy groups -OCH3 is 1. The van der Waals surface area contributed by atoms with E-state index in [4.69, 9.17) is 10.1 Å². The van der Waals surface area contributed by atoms with Crippen LogP contribution in [0, 0.1) is 5.41 Å². The van der Waals surface area contributed by atoms with E-state index in [1.54, 1.807) is 7.11 Å². The molecule has 1 aliphatic heterocycles. The van der Waals surface area contributed by atoms with Crippen LogP contribution in [-0.4, -0.2) is 50.0 Å². The standard InChI is InChI=1S/C10H19N3O2/c1-15-7-5-12-10(14)8-13-6-3-2-4-9(13)11/h11H,2-8H2,1H3,(H,12,14). The lowest BCUT2D eigenvalue weighted by Crippen LogP contribution is -2.43. The molecule has 1 rings (SSSR count). The fourth-order valence-electron chi connectivity index (χ4n) is 1.58. The van der Waals surface area contributed by atoms with Gasteiger partial charge in [-0.05, 0) is 12.8 Å². The van der Waals surface area contributed by atoms with Gasteiger partial charge in [-0.3, -0.25) is 10.2 Å². The van der Waals surface area contributed by atoms with Gasteiger partial charge in [0.1, 0.15) is 0 Å². The number of nitrogens with one attached hydrogen (secondary N) is 2. The Bertz CT molecular complexity index is 231. The first-order chi connectivity index (χ1) is 7.24. The fraction of sp³-hybridized carbons (Fsp3) is 0.800. The number of amides is 1. The number of hydrogen-bond donors (Lipinski definition) is 2. The molecule has 5 heteroatoms. The van der Waals surface area contributed by atoms with E-state index in [1.165, 1.54) is 0 Å². The molecule has 0 saturated carbocycles. The van der Waals surface area contributed by atoms with E-state index >= 15 is 0 Å². The number of carbonyl (C=O) groups is 1. The first-order valence-corrected chi connectivity index (χ1v) is 5.32. The van der Waals surface area contributed by atoms with Crippen LogP contribution in [0.25, 0.3) is 0 Å². The SMILES string of the molecule is COCCNC(=O)CN1CCCCC1=N. The molecule has 1 fully saturated rings. The van der Waals surface area contributed by atoms with Crippen molar-refractivity contribution in [3.8, 4) is 0 Å². The lowest BCUT2D eigenvalue weighted by Gasteiger charge is -2.28. The molecule has 86 valence electrons. The van der Waals surface area contributed by atoms with Gasteiger partial charge in [-0.2, -0.15) is 0 Å². The van der Waals surface area contributed by atoms with Crippen molar-refractivity contribution >= 4 is 11.7 Å². The van der Waals surface area contributed by atoms with Crippen LogP contribution in [0.4, 0.5) is 0 Å². The minimum absolute atomic E-state index is 0.0290. The highest BCUT2D eigenvalue weighted by Gasteiger charge is 2.17. The summed E-state index contributed by atoms with van der Waals surface area (Å²) in [5.41, 5.74) is 0. The Morgan fingerprint density at radius 2 is 2.40 bits per heavy atom. The van der Waals surface area contributed by atoms with Crippen molar-refractivity contribution in [3.63, 3.8) is 0 Å². The molecule has 0 aromatic carbocycles. The molecule has 0 spiro atoms. The van der Waals surface area contributed by atoms with Gasteiger partial charge in [-0.15, -0.1) is 0 Å². The summed E-state index contributed by atoms with van der Waals surface area (Å²) in [5.74, 6) is 0.557. The van der Waals surface area contributed by atoms with Gasteiger partial charge in [-0.1, -0.05) is 0 Å². The minimum Gasteiger partial charge on any atom is -0.383 e. The molecule has 0 atom stereocenters. The molecule has 1 heterocycles. The topological polar surface area (TPSA) is 65.4 Å². The largest absolute Gasteiger partial charge is 0.383 e. The average Bonchev–Trinajstić information content (AvgIpc) is 2.22.